The summed E-state index contributed by atoms with van der Waals surface area (Å²) >= 11 is 7.05. The molecule has 32 heavy (non-hydrogen) atoms. The number of piperidine rings is 1. The van der Waals surface area contributed by atoms with Gasteiger partial charge in [0.2, 0.25) is 21.8 Å². The lowest BCUT2D eigenvalue weighted by atomic mass is 10.2. The number of carbonyl (C=O) groups is 2. The largest absolute Gasteiger partial charge is 0.324 e. The number of fused-ring (bicyclic) bond motifs is 1. The van der Waals surface area contributed by atoms with Crippen molar-refractivity contribution in [3.63, 3.8) is 0 Å². The number of carbonyl (C=O) groups excluding carboxylic acids is 2. The first-order chi connectivity index (χ1) is 15.3. The Kier molecular flexibility index (Phi) is 6.75. The highest BCUT2D eigenvalue weighted by Crippen LogP contribution is 2.37. The molecule has 0 aromatic heterocycles. The second-order valence-corrected chi connectivity index (χ2v) is 10.9. The van der Waals surface area contributed by atoms with E-state index in [9.17, 15) is 22.4 Å². The summed E-state index contributed by atoms with van der Waals surface area (Å²) in [7, 11) is -3.69. The molecular formula is C21H21ClFN3O4S2. The topological polar surface area (TPSA) is 86.8 Å². The lowest BCUT2D eigenvalue weighted by Crippen LogP contribution is -2.41. The number of benzene rings is 2. The molecule has 7 nitrogen and oxygen atoms in total. The van der Waals surface area contributed by atoms with Crippen molar-refractivity contribution in [2.24, 2.45) is 0 Å². The monoisotopic (exact) mass is 497 g/mol. The summed E-state index contributed by atoms with van der Waals surface area (Å²) in [6.45, 7) is 0.632. The third-order valence-corrected chi connectivity index (χ3v) is 8.56. The average Bonchev–Trinajstić information content (AvgIpc) is 2.78. The lowest BCUT2D eigenvalue weighted by molar-refractivity contribution is -0.120. The molecule has 0 unspecified atom stereocenters. The summed E-state index contributed by atoms with van der Waals surface area (Å²) in [6.07, 6.45) is 2.64. The van der Waals surface area contributed by atoms with Gasteiger partial charge in [0, 0.05) is 23.7 Å². The van der Waals surface area contributed by atoms with E-state index in [0.29, 0.717) is 24.5 Å². The second kappa shape index (κ2) is 9.38. The molecule has 2 aliphatic rings. The van der Waals surface area contributed by atoms with Crippen molar-refractivity contribution in [3.8, 4) is 0 Å². The number of nitrogens with one attached hydrogen (secondary N) is 1. The van der Waals surface area contributed by atoms with Crippen LogP contribution in [-0.2, 0) is 19.6 Å². The Labute approximate surface area is 195 Å². The molecule has 11 heteroatoms. The van der Waals surface area contributed by atoms with Gasteiger partial charge in [0.05, 0.1) is 21.4 Å². The number of halogens is 2. The summed E-state index contributed by atoms with van der Waals surface area (Å²) in [6, 6.07) is 8.46. The SMILES string of the molecule is O=C(CN1C(=O)CSc2ccc(S(=O)(=O)N3CCCCC3)cc21)Nc1ccc(F)c(Cl)c1. The van der Waals surface area contributed by atoms with Crippen molar-refractivity contribution in [1.82, 2.24) is 4.31 Å². The molecule has 0 bridgehead atoms. The molecule has 4 rings (SSSR count). The van der Waals surface area contributed by atoms with E-state index in [-0.39, 0.29) is 28.1 Å². The summed E-state index contributed by atoms with van der Waals surface area (Å²) in [5.74, 6) is -1.28. The maximum atomic E-state index is 13.3. The zero-order valence-electron chi connectivity index (χ0n) is 17.0. The smallest absolute Gasteiger partial charge is 0.244 e. The zero-order chi connectivity index (χ0) is 22.9. The number of hydrogen-bond donors (Lipinski definition) is 1. The maximum absolute atomic E-state index is 13.3. The number of nitrogens with zero attached hydrogens (tertiary/aromatic N) is 2. The van der Waals surface area contributed by atoms with Gasteiger partial charge in [-0.05, 0) is 49.2 Å². The Bertz CT molecular complexity index is 1170. The predicted molar refractivity (Wildman–Crippen MR) is 122 cm³/mol. The van der Waals surface area contributed by atoms with E-state index in [2.05, 4.69) is 5.32 Å². The van der Waals surface area contributed by atoms with E-state index in [1.54, 1.807) is 12.1 Å². The fraction of sp³-hybridized carbons (Fsp3) is 0.333. The van der Waals surface area contributed by atoms with E-state index < -0.39 is 21.7 Å². The van der Waals surface area contributed by atoms with Crippen LogP contribution in [0.25, 0.3) is 0 Å². The molecule has 2 aromatic carbocycles. The molecule has 2 heterocycles. The zero-order valence-corrected chi connectivity index (χ0v) is 19.4. The minimum absolute atomic E-state index is 0.101. The van der Waals surface area contributed by atoms with Gasteiger partial charge in [-0.15, -0.1) is 11.8 Å². The van der Waals surface area contributed by atoms with Gasteiger partial charge in [0.15, 0.2) is 0 Å². The third-order valence-electron chi connectivity index (χ3n) is 5.33. The molecule has 1 saturated heterocycles. The van der Waals surface area contributed by atoms with Crippen LogP contribution in [0.5, 0.6) is 0 Å². The number of thioether (sulfide) groups is 1. The number of sulfonamides is 1. The first kappa shape index (κ1) is 23.0. The minimum Gasteiger partial charge on any atom is -0.324 e. The highest BCUT2D eigenvalue weighted by atomic mass is 35.5. The number of anilines is 2. The maximum Gasteiger partial charge on any atom is 0.244 e. The van der Waals surface area contributed by atoms with Crippen molar-refractivity contribution in [3.05, 3.63) is 47.2 Å². The van der Waals surface area contributed by atoms with Gasteiger partial charge >= 0.3 is 0 Å². The van der Waals surface area contributed by atoms with Crippen LogP contribution in [0.1, 0.15) is 19.3 Å². The van der Waals surface area contributed by atoms with Crippen LogP contribution in [0, 0.1) is 5.82 Å². The van der Waals surface area contributed by atoms with Crippen LogP contribution in [0.3, 0.4) is 0 Å². The number of rotatable bonds is 5. The summed E-state index contributed by atoms with van der Waals surface area (Å²) in [4.78, 5) is 27.3. The van der Waals surface area contributed by atoms with E-state index in [4.69, 9.17) is 11.6 Å². The predicted octanol–water partition coefficient (Wildman–Crippen LogP) is 3.73. The molecule has 1 fully saturated rings. The quantitative estimate of drug-likeness (QED) is 0.680. The highest BCUT2D eigenvalue weighted by Gasteiger charge is 2.31. The van der Waals surface area contributed by atoms with Gasteiger partial charge in [-0.1, -0.05) is 18.0 Å². The van der Waals surface area contributed by atoms with Gasteiger partial charge in [-0.25, -0.2) is 12.8 Å². The molecule has 0 spiro atoms. The Morgan fingerprint density at radius 1 is 1.12 bits per heavy atom. The fourth-order valence-corrected chi connectivity index (χ4v) is 6.32. The second-order valence-electron chi connectivity index (χ2n) is 7.54. The average molecular weight is 498 g/mol. The van der Waals surface area contributed by atoms with Crippen molar-refractivity contribution in [2.75, 3.05) is 35.6 Å². The van der Waals surface area contributed by atoms with Crippen molar-refractivity contribution < 1.29 is 22.4 Å². The van der Waals surface area contributed by atoms with Gasteiger partial charge < -0.3 is 10.2 Å². The molecule has 0 radical (unpaired) electrons. The molecule has 1 N–H and O–H groups in total. The molecule has 0 aliphatic carbocycles. The van der Waals surface area contributed by atoms with Gasteiger partial charge in [0.25, 0.3) is 0 Å². The van der Waals surface area contributed by atoms with Gasteiger partial charge in [-0.3, -0.25) is 9.59 Å². The lowest BCUT2D eigenvalue weighted by Gasteiger charge is -2.30. The molecular weight excluding hydrogens is 477 g/mol. The number of amides is 2. The fourth-order valence-electron chi connectivity index (χ4n) is 3.69. The summed E-state index contributed by atoms with van der Waals surface area (Å²) in [5, 5.41) is 2.45. The van der Waals surface area contributed by atoms with E-state index in [1.165, 1.54) is 39.2 Å². The Hall–Kier alpha value is -2.14. The molecule has 2 amide bonds. The molecule has 2 aromatic rings. The molecule has 0 saturated carbocycles. The van der Waals surface area contributed by atoms with Crippen molar-refractivity contribution in [1.29, 1.82) is 0 Å². The van der Waals surface area contributed by atoms with Gasteiger partial charge in [-0.2, -0.15) is 4.31 Å². The molecule has 2 aliphatic heterocycles. The van der Waals surface area contributed by atoms with Crippen LogP contribution >= 0.6 is 23.4 Å². The van der Waals surface area contributed by atoms with E-state index >= 15 is 0 Å². The minimum atomic E-state index is -3.69. The number of hydrogen-bond acceptors (Lipinski definition) is 5. The van der Waals surface area contributed by atoms with Gasteiger partial charge in [0.1, 0.15) is 12.4 Å². The van der Waals surface area contributed by atoms with Crippen LogP contribution in [0.4, 0.5) is 15.8 Å². The summed E-state index contributed by atoms with van der Waals surface area (Å²) < 4.78 is 41.0. The van der Waals surface area contributed by atoms with Crippen LogP contribution < -0.4 is 10.2 Å². The Morgan fingerprint density at radius 3 is 2.59 bits per heavy atom. The summed E-state index contributed by atoms with van der Waals surface area (Å²) in [5.41, 5.74) is 0.679. The van der Waals surface area contributed by atoms with E-state index in [0.717, 1.165) is 30.2 Å². The normalized spacial score (nSPS) is 17.2. The van der Waals surface area contributed by atoms with Crippen LogP contribution in [-0.4, -0.2) is 49.9 Å². The Balaban J connectivity index is 1.58. The molecule has 170 valence electrons. The first-order valence-corrected chi connectivity index (χ1v) is 12.9. The van der Waals surface area contributed by atoms with Crippen molar-refractivity contribution in [2.45, 2.75) is 29.1 Å². The first-order valence-electron chi connectivity index (χ1n) is 10.1. The van der Waals surface area contributed by atoms with Crippen molar-refractivity contribution >= 4 is 56.6 Å². The Morgan fingerprint density at radius 2 is 1.88 bits per heavy atom. The standard InChI is InChI=1S/C21H21ClFN3O4S2/c22-16-10-14(4-6-17(16)23)24-20(27)12-26-18-11-15(5-7-19(18)31-13-21(26)28)32(29,30)25-8-2-1-3-9-25/h4-7,10-11H,1-3,8-9,12-13H2,(H,24,27). The van der Waals surface area contributed by atoms with Crippen LogP contribution in [0.15, 0.2) is 46.2 Å². The molecule has 0 atom stereocenters. The highest BCUT2D eigenvalue weighted by molar-refractivity contribution is 8.00. The third kappa shape index (κ3) is 4.78. The van der Waals surface area contributed by atoms with E-state index in [1.807, 2.05) is 0 Å². The van der Waals surface area contributed by atoms with Crippen LogP contribution in [0.2, 0.25) is 5.02 Å².